The van der Waals surface area contributed by atoms with Crippen LogP contribution in [0, 0.1) is 13.8 Å². The van der Waals surface area contributed by atoms with Gasteiger partial charge in [0.25, 0.3) is 0 Å². The number of carboxylic acids is 1. The summed E-state index contributed by atoms with van der Waals surface area (Å²) in [6.07, 6.45) is 0.553. The lowest BCUT2D eigenvalue weighted by molar-refractivity contribution is -0.141. The molecule has 1 aromatic heterocycles. The smallest absolute Gasteiger partial charge is 0.328 e. The van der Waals surface area contributed by atoms with Crippen LogP contribution in [0.3, 0.4) is 0 Å². The third-order valence-corrected chi connectivity index (χ3v) is 2.01. The summed E-state index contributed by atoms with van der Waals surface area (Å²) in [5.74, 6) is -0.825. The van der Waals surface area contributed by atoms with Gasteiger partial charge in [-0.25, -0.2) is 4.79 Å². The van der Waals surface area contributed by atoms with E-state index in [1.165, 1.54) is 0 Å². The Morgan fingerprint density at radius 1 is 1.69 bits per heavy atom. The van der Waals surface area contributed by atoms with Gasteiger partial charge in [-0.1, -0.05) is 6.92 Å². The molecule has 0 bridgehead atoms. The molecule has 0 saturated carbocycles. The Morgan fingerprint density at radius 3 is 2.62 bits per heavy atom. The Morgan fingerprint density at radius 2 is 2.31 bits per heavy atom. The average Bonchev–Trinajstić information content (AvgIpc) is 2.31. The van der Waals surface area contributed by atoms with Crippen molar-refractivity contribution in [2.75, 3.05) is 0 Å². The van der Waals surface area contributed by atoms with Crippen molar-refractivity contribution in [1.29, 1.82) is 0 Å². The van der Waals surface area contributed by atoms with Crippen molar-refractivity contribution in [1.82, 2.24) is 9.78 Å². The first-order valence-corrected chi connectivity index (χ1v) is 4.31. The zero-order chi connectivity index (χ0) is 10.0. The lowest BCUT2D eigenvalue weighted by Gasteiger charge is -2.11. The monoisotopic (exact) mass is 182 g/mol. The molecule has 1 aromatic rings. The van der Waals surface area contributed by atoms with Gasteiger partial charge in [0.1, 0.15) is 6.04 Å². The minimum absolute atomic E-state index is 0.534. The number of carbonyl (C=O) groups is 1. The molecule has 4 heteroatoms. The Bertz CT molecular complexity index is 317. The van der Waals surface area contributed by atoms with Crippen LogP contribution >= 0.6 is 0 Å². The number of hydrogen-bond acceptors (Lipinski definition) is 2. The van der Waals surface area contributed by atoms with Crippen molar-refractivity contribution in [3.63, 3.8) is 0 Å². The predicted molar refractivity (Wildman–Crippen MR) is 48.7 cm³/mol. The van der Waals surface area contributed by atoms with Crippen LogP contribution in [0.4, 0.5) is 0 Å². The highest BCUT2D eigenvalue weighted by atomic mass is 16.4. The Labute approximate surface area is 77.2 Å². The number of aromatic nitrogens is 2. The van der Waals surface area contributed by atoms with Crippen molar-refractivity contribution >= 4 is 5.97 Å². The zero-order valence-corrected chi connectivity index (χ0v) is 8.11. The number of aliphatic carboxylic acids is 1. The van der Waals surface area contributed by atoms with E-state index in [0.29, 0.717) is 6.42 Å². The topological polar surface area (TPSA) is 55.1 Å². The molecule has 4 nitrogen and oxygen atoms in total. The third-order valence-electron chi connectivity index (χ3n) is 2.01. The average molecular weight is 182 g/mol. The second kappa shape index (κ2) is 3.60. The molecule has 0 radical (unpaired) electrons. The summed E-state index contributed by atoms with van der Waals surface area (Å²) in [6, 6.07) is 1.35. The van der Waals surface area contributed by atoms with E-state index < -0.39 is 12.0 Å². The number of hydrogen-bond donors (Lipinski definition) is 1. The normalized spacial score (nSPS) is 12.8. The summed E-state index contributed by atoms with van der Waals surface area (Å²) in [4.78, 5) is 10.8. The highest BCUT2D eigenvalue weighted by Gasteiger charge is 2.19. The van der Waals surface area contributed by atoms with Gasteiger partial charge in [0.15, 0.2) is 0 Å². The van der Waals surface area contributed by atoms with Gasteiger partial charge in [0.2, 0.25) is 0 Å². The number of aryl methyl sites for hydroxylation is 2. The zero-order valence-electron chi connectivity index (χ0n) is 8.11. The minimum atomic E-state index is -0.825. The summed E-state index contributed by atoms with van der Waals surface area (Å²) in [7, 11) is 0. The van der Waals surface area contributed by atoms with E-state index in [2.05, 4.69) is 5.10 Å². The van der Waals surface area contributed by atoms with Crippen LogP contribution in [0.15, 0.2) is 6.07 Å². The molecule has 0 saturated heterocycles. The van der Waals surface area contributed by atoms with E-state index in [1.807, 2.05) is 26.8 Å². The standard InChI is InChI=1S/C9H14N2O2/c1-4-8(9(12)13)11-7(3)5-6(2)10-11/h5,8H,4H2,1-3H3,(H,12,13). The molecular weight excluding hydrogens is 168 g/mol. The quantitative estimate of drug-likeness (QED) is 0.771. The van der Waals surface area contributed by atoms with Gasteiger partial charge in [-0.05, 0) is 26.3 Å². The van der Waals surface area contributed by atoms with Gasteiger partial charge < -0.3 is 5.11 Å². The van der Waals surface area contributed by atoms with E-state index >= 15 is 0 Å². The fourth-order valence-electron chi connectivity index (χ4n) is 1.41. The minimum Gasteiger partial charge on any atom is -0.480 e. The first-order chi connectivity index (χ1) is 6.06. The van der Waals surface area contributed by atoms with Crippen molar-refractivity contribution in [2.45, 2.75) is 33.2 Å². The lowest BCUT2D eigenvalue weighted by atomic mass is 10.2. The molecule has 0 fully saturated rings. The number of nitrogens with zero attached hydrogens (tertiary/aromatic N) is 2. The van der Waals surface area contributed by atoms with Gasteiger partial charge >= 0.3 is 5.97 Å². The highest BCUT2D eigenvalue weighted by molar-refractivity contribution is 5.71. The molecule has 0 spiro atoms. The van der Waals surface area contributed by atoms with E-state index in [9.17, 15) is 4.79 Å². The van der Waals surface area contributed by atoms with Crippen molar-refractivity contribution in [2.24, 2.45) is 0 Å². The molecule has 1 heterocycles. The molecule has 1 unspecified atom stereocenters. The van der Waals surface area contributed by atoms with Gasteiger partial charge in [-0.15, -0.1) is 0 Å². The van der Waals surface area contributed by atoms with Crippen LogP contribution in [0.2, 0.25) is 0 Å². The summed E-state index contributed by atoms with van der Waals surface area (Å²) in [5, 5.41) is 13.0. The second-order valence-electron chi connectivity index (χ2n) is 3.13. The van der Waals surface area contributed by atoms with Crippen LogP contribution in [-0.2, 0) is 4.79 Å². The number of rotatable bonds is 3. The molecule has 1 rings (SSSR count). The number of carboxylic acid groups (broad SMARTS) is 1. The first kappa shape index (κ1) is 9.77. The van der Waals surface area contributed by atoms with Crippen LogP contribution in [0.25, 0.3) is 0 Å². The SMILES string of the molecule is CCC(C(=O)O)n1nc(C)cc1C. The summed E-state index contributed by atoms with van der Waals surface area (Å²) in [6.45, 7) is 5.57. The third kappa shape index (κ3) is 1.88. The van der Waals surface area contributed by atoms with Crippen molar-refractivity contribution in [3.05, 3.63) is 17.5 Å². The predicted octanol–water partition coefficient (Wildman–Crippen LogP) is 1.54. The maximum Gasteiger partial charge on any atom is 0.328 e. The fourth-order valence-corrected chi connectivity index (χ4v) is 1.41. The molecule has 0 aliphatic rings. The Hall–Kier alpha value is -1.32. The van der Waals surface area contributed by atoms with E-state index in [0.717, 1.165) is 11.4 Å². The van der Waals surface area contributed by atoms with Gasteiger partial charge in [0, 0.05) is 5.69 Å². The van der Waals surface area contributed by atoms with Gasteiger partial charge in [-0.2, -0.15) is 5.10 Å². The fraction of sp³-hybridized carbons (Fsp3) is 0.556. The molecular formula is C9H14N2O2. The van der Waals surface area contributed by atoms with E-state index in [1.54, 1.807) is 4.68 Å². The van der Waals surface area contributed by atoms with E-state index in [-0.39, 0.29) is 0 Å². The van der Waals surface area contributed by atoms with Crippen LogP contribution < -0.4 is 0 Å². The van der Waals surface area contributed by atoms with Crippen molar-refractivity contribution in [3.8, 4) is 0 Å². The maximum absolute atomic E-state index is 10.8. The molecule has 0 amide bonds. The lowest BCUT2D eigenvalue weighted by Crippen LogP contribution is -2.20. The highest BCUT2D eigenvalue weighted by Crippen LogP contribution is 2.14. The summed E-state index contributed by atoms with van der Waals surface area (Å²) >= 11 is 0. The second-order valence-corrected chi connectivity index (χ2v) is 3.13. The van der Waals surface area contributed by atoms with Crippen molar-refractivity contribution < 1.29 is 9.90 Å². The molecule has 13 heavy (non-hydrogen) atoms. The molecule has 0 aliphatic heterocycles. The maximum atomic E-state index is 10.8. The first-order valence-electron chi connectivity index (χ1n) is 4.31. The molecule has 1 atom stereocenters. The van der Waals surface area contributed by atoms with Gasteiger partial charge in [0.05, 0.1) is 5.69 Å². The largest absolute Gasteiger partial charge is 0.480 e. The van der Waals surface area contributed by atoms with Crippen LogP contribution in [0.5, 0.6) is 0 Å². The molecule has 72 valence electrons. The Balaban J connectivity index is 3.04. The molecule has 0 aromatic carbocycles. The van der Waals surface area contributed by atoms with Crippen LogP contribution in [-0.4, -0.2) is 20.9 Å². The van der Waals surface area contributed by atoms with E-state index in [4.69, 9.17) is 5.11 Å². The Kier molecular flexibility index (Phi) is 2.70. The molecule has 0 aliphatic carbocycles. The molecule has 1 N–H and O–H groups in total. The van der Waals surface area contributed by atoms with Crippen LogP contribution in [0.1, 0.15) is 30.8 Å². The summed E-state index contributed by atoms with van der Waals surface area (Å²) < 4.78 is 1.57. The van der Waals surface area contributed by atoms with Gasteiger partial charge in [-0.3, -0.25) is 4.68 Å². The summed E-state index contributed by atoms with van der Waals surface area (Å²) in [5.41, 5.74) is 1.75.